The molecule has 0 aliphatic carbocycles. The third-order valence-corrected chi connectivity index (χ3v) is 3.60. The second-order valence-corrected chi connectivity index (χ2v) is 5.40. The average molecular weight is 407 g/mol. The normalized spacial score (nSPS) is 22.0. The number of aliphatic imine (C=N–C) groups is 1. The average Bonchev–Trinajstić information content (AvgIpc) is 3.03. The van der Waals surface area contributed by atoms with Gasteiger partial charge < -0.3 is 15.4 Å². The molecule has 2 heterocycles. The van der Waals surface area contributed by atoms with Crippen LogP contribution < -0.4 is 10.6 Å². The number of halogens is 1. The van der Waals surface area contributed by atoms with Crippen LogP contribution in [0.25, 0.3) is 0 Å². The molecule has 0 saturated carbocycles. The molecule has 0 amide bonds. The van der Waals surface area contributed by atoms with Crippen molar-refractivity contribution in [2.24, 2.45) is 12.0 Å². The van der Waals surface area contributed by atoms with Crippen molar-refractivity contribution in [1.29, 1.82) is 0 Å². The van der Waals surface area contributed by atoms with E-state index in [9.17, 15) is 0 Å². The summed E-state index contributed by atoms with van der Waals surface area (Å²) >= 11 is 0. The SMILES string of the molecule is CCNC(=NCc1ccnn1C)NCC1(C)CCCO1.I. The van der Waals surface area contributed by atoms with Gasteiger partial charge in [-0.15, -0.1) is 24.0 Å². The van der Waals surface area contributed by atoms with Crippen molar-refractivity contribution in [1.82, 2.24) is 20.4 Å². The Morgan fingerprint density at radius 3 is 2.90 bits per heavy atom. The van der Waals surface area contributed by atoms with Crippen LogP contribution in [0.1, 0.15) is 32.4 Å². The van der Waals surface area contributed by atoms with Crippen molar-refractivity contribution in [3.8, 4) is 0 Å². The summed E-state index contributed by atoms with van der Waals surface area (Å²) in [7, 11) is 1.93. The van der Waals surface area contributed by atoms with Crippen molar-refractivity contribution in [3.05, 3.63) is 18.0 Å². The maximum atomic E-state index is 5.78. The largest absolute Gasteiger partial charge is 0.373 e. The summed E-state index contributed by atoms with van der Waals surface area (Å²) < 4.78 is 7.62. The maximum Gasteiger partial charge on any atom is 0.191 e. The van der Waals surface area contributed by atoms with Gasteiger partial charge in [-0.1, -0.05) is 0 Å². The van der Waals surface area contributed by atoms with Crippen LogP contribution in [-0.2, 0) is 18.3 Å². The molecule has 1 unspecified atom stereocenters. The van der Waals surface area contributed by atoms with Gasteiger partial charge in [0.25, 0.3) is 0 Å². The Morgan fingerprint density at radius 2 is 2.33 bits per heavy atom. The number of aromatic nitrogens is 2. The zero-order chi connectivity index (χ0) is 14.4. The van der Waals surface area contributed by atoms with Crippen molar-refractivity contribution >= 4 is 29.9 Å². The number of hydrogen-bond acceptors (Lipinski definition) is 3. The van der Waals surface area contributed by atoms with Gasteiger partial charge in [-0.25, -0.2) is 4.99 Å². The van der Waals surface area contributed by atoms with Gasteiger partial charge in [-0.05, 0) is 32.8 Å². The smallest absolute Gasteiger partial charge is 0.191 e. The number of nitrogens with zero attached hydrogens (tertiary/aromatic N) is 3. The molecule has 1 fully saturated rings. The summed E-state index contributed by atoms with van der Waals surface area (Å²) in [5.41, 5.74) is 1.02. The quantitative estimate of drug-likeness (QED) is 0.443. The van der Waals surface area contributed by atoms with Crippen LogP contribution >= 0.6 is 24.0 Å². The highest BCUT2D eigenvalue weighted by molar-refractivity contribution is 14.0. The van der Waals surface area contributed by atoms with Gasteiger partial charge >= 0.3 is 0 Å². The molecule has 0 bridgehead atoms. The minimum atomic E-state index is -0.0667. The van der Waals surface area contributed by atoms with E-state index in [0.717, 1.165) is 44.2 Å². The van der Waals surface area contributed by atoms with Crippen LogP contribution in [-0.4, -0.2) is 41.0 Å². The first-order valence-electron chi connectivity index (χ1n) is 7.26. The first kappa shape index (κ1) is 18.2. The molecule has 2 N–H and O–H groups in total. The number of nitrogens with one attached hydrogen (secondary N) is 2. The molecule has 1 aliphatic rings. The van der Waals surface area contributed by atoms with Crippen LogP contribution in [0.3, 0.4) is 0 Å². The summed E-state index contributed by atoms with van der Waals surface area (Å²) in [5.74, 6) is 0.824. The van der Waals surface area contributed by atoms with Gasteiger partial charge in [-0.2, -0.15) is 5.10 Å². The molecule has 0 radical (unpaired) electrons. The molecular weight excluding hydrogens is 381 g/mol. The molecule has 0 spiro atoms. The Morgan fingerprint density at radius 1 is 1.52 bits per heavy atom. The monoisotopic (exact) mass is 407 g/mol. The fourth-order valence-electron chi connectivity index (χ4n) is 2.31. The Bertz CT molecular complexity index is 454. The number of rotatable bonds is 5. The first-order valence-corrected chi connectivity index (χ1v) is 7.26. The van der Waals surface area contributed by atoms with E-state index in [4.69, 9.17) is 4.74 Å². The predicted octanol–water partition coefficient (Wildman–Crippen LogP) is 1.66. The van der Waals surface area contributed by atoms with Crippen molar-refractivity contribution in [2.75, 3.05) is 19.7 Å². The van der Waals surface area contributed by atoms with E-state index in [-0.39, 0.29) is 29.6 Å². The van der Waals surface area contributed by atoms with Crippen molar-refractivity contribution < 1.29 is 4.74 Å². The third kappa shape index (κ3) is 5.46. The zero-order valence-electron chi connectivity index (χ0n) is 13.1. The summed E-state index contributed by atoms with van der Waals surface area (Å²) in [4.78, 5) is 4.59. The van der Waals surface area contributed by atoms with E-state index in [2.05, 4.69) is 34.6 Å². The van der Waals surface area contributed by atoms with Crippen molar-refractivity contribution in [3.63, 3.8) is 0 Å². The lowest BCUT2D eigenvalue weighted by Crippen LogP contribution is -2.45. The molecule has 2 rings (SSSR count). The van der Waals surface area contributed by atoms with E-state index < -0.39 is 0 Å². The van der Waals surface area contributed by atoms with Gasteiger partial charge in [0.2, 0.25) is 0 Å². The highest BCUT2D eigenvalue weighted by Crippen LogP contribution is 2.23. The van der Waals surface area contributed by atoms with Crippen LogP contribution in [0.15, 0.2) is 17.3 Å². The maximum absolute atomic E-state index is 5.78. The Hall–Kier alpha value is -0.830. The number of guanidine groups is 1. The molecule has 21 heavy (non-hydrogen) atoms. The summed E-state index contributed by atoms with van der Waals surface area (Å²) in [6, 6.07) is 1.98. The molecule has 120 valence electrons. The number of hydrogen-bond donors (Lipinski definition) is 2. The predicted molar refractivity (Wildman–Crippen MR) is 95.0 cm³/mol. The summed E-state index contributed by atoms with van der Waals surface area (Å²) in [5, 5.41) is 10.8. The van der Waals surface area contributed by atoms with E-state index >= 15 is 0 Å². The molecular formula is C14H26IN5O. The van der Waals surface area contributed by atoms with Gasteiger partial charge in [0.15, 0.2) is 5.96 Å². The molecule has 1 aromatic heterocycles. The standard InChI is InChI=1S/C14H25N5O.HI/c1-4-15-13(16-10-12-6-8-18-19(12)3)17-11-14(2)7-5-9-20-14;/h6,8H,4-5,7,9-11H2,1-3H3,(H2,15,16,17);1H. The van der Waals surface area contributed by atoms with Crippen LogP contribution in [0, 0.1) is 0 Å². The lowest BCUT2D eigenvalue weighted by Gasteiger charge is -2.24. The van der Waals surface area contributed by atoms with Crippen LogP contribution in [0.2, 0.25) is 0 Å². The van der Waals surface area contributed by atoms with Gasteiger partial charge in [0.1, 0.15) is 0 Å². The minimum absolute atomic E-state index is 0. The molecule has 6 nitrogen and oxygen atoms in total. The highest BCUT2D eigenvalue weighted by Gasteiger charge is 2.29. The highest BCUT2D eigenvalue weighted by atomic mass is 127. The lowest BCUT2D eigenvalue weighted by atomic mass is 10.0. The second kappa shape index (κ2) is 8.57. The second-order valence-electron chi connectivity index (χ2n) is 5.40. The third-order valence-electron chi connectivity index (χ3n) is 3.60. The Labute approximate surface area is 143 Å². The van der Waals surface area contributed by atoms with E-state index in [1.54, 1.807) is 6.20 Å². The van der Waals surface area contributed by atoms with Crippen LogP contribution in [0.4, 0.5) is 0 Å². The molecule has 1 atom stereocenters. The van der Waals surface area contributed by atoms with E-state index in [1.165, 1.54) is 0 Å². The molecule has 1 saturated heterocycles. The molecule has 7 heteroatoms. The van der Waals surface area contributed by atoms with Gasteiger partial charge in [-0.3, -0.25) is 4.68 Å². The van der Waals surface area contributed by atoms with E-state index in [0.29, 0.717) is 6.54 Å². The fourth-order valence-corrected chi connectivity index (χ4v) is 2.31. The van der Waals surface area contributed by atoms with Crippen molar-refractivity contribution in [2.45, 2.75) is 38.8 Å². The first-order chi connectivity index (χ1) is 9.63. The Kier molecular flexibility index (Phi) is 7.44. The fraction of sp³-hybridized carbons (Fsp3) is 0.714. The minimum Gasteiger partial charge on any atom is -0.373 e. The lowest BCUT2D eigenvalue weighted by molar-refractivity contribution is 0.0243. The van der Waals surface area contributed by atoms with Gasteiger partial charge in [0, 0.05) is 32.9 Å². The molecule has 1 aromatic rings. The summed E-state index contributed by atoms with van der Waals surface area (Å²) in [6.45, 7) is 7.32. The summed E-state index contributed by atoms with van der Waals surface area (Å²) in [6.07, 6.45) is 4.03. The zero-order valence-corrected chi connectivity index (χ0v) is 15.4. The van der Waals surface area contributed by atoms with Gasteiger partial charge in [0.05, 0.1) is 17.8 Å². The molecule has 1 aliphatic heterocycles. The topological polar surface area (TPSA) is 63.5 Å². The molecule has 0 aromatic carbocycles. The Balaban J connectivity index is 0.00000220. The number of aryl methyl sites for hydroxylation is 1. The van der Waals surface area contributed by atoms with E-state index in [1.807, 2.05) is 17.8 Å². The number of ether oxygens (including phenoxy) is 1. The van der Waals surface area contributed by atoms with Crippen LogP contribution in [0.5, 0.6) is 0 Å².